The Morgan fingerprint density at radius 2 is 1.81 bits per heavy atom. The number of nitrogens with zero attached hydrogens (tertiary/aromatic N) is 1. The van der Waals surface area contributed by atoms with E-state index in [9.17, 15) is 24.3 Å². The van der Waals surface area contributed by atoms with E-state index in [4.69, 9.17) is 9.47 Å². The van der Waals surface area contributed by atoms with Gasteiger partial charge in [-0.2, -0.15) is 0 Å². The van der Waals surface area contributed by atoms with E-state index in [2.05, 4.69) is 31.9 Å². The zero-order valence-corrected chi connectivity index (χ0v) is 21.3. The Hall–Kier alpha value is -2.37. The molecule has 8 nitrogen and oxygen atoms in total. The fraction of sp³-hybridized carbons (Fsp3) is 0.238. The van der Waals surface area contributed by atoms with E-state index in [0.717, 1.165) is 19.1 Å². The summed E-state index contributed by atoms with van der Waals surface area (Å²) < 4.78 is 10.5. The van der Waals surface area contributed by atoms with Crippen LogP contribution in [0.4, 0.5) is 0 Å². The van der Waals surface area contributed by atoms with Gasteiger partial charge in [-0.1, -0.05) is 27.7 Å². The predicted octanol–water partition coefficient (Wildman–Crippen LogP) is 3.84. The Kier molecular flexibility index (Phi) is 7.01. The molecule has 168 valence electrons. The largest absolute Gasteiger partial charge is 0.506 e. The fourth-order valence-corrected chi connectivity index (χ4v) is 5.85. The highest BCUT2D eigenvalue weighted by Gasteiger charge is 2.48. The van der Waals surface area contributed by atoms with Crippen LogP contribution in [0, 0.1) is 0 Å². The zero-order chi connectivity index (χ0) is 23.9. The predicted molar refractivity (Wildman–Crippen MR) is 124 cm³/mol. The van der Waals surface area contributed by atoms with Gasteiger partial charge in [0.2, 0.25) is 0 Å². The summed E-state index contributed by atoms with van der Waals surface area (Å²) in [4.78, 5) is 53.9. The number of rotatable bonds is 5. The molecule has 0 amide bonds. The molecule has 0 saturated carbocycles. The molecule has 32 heavy (non-hydrogen) atoms. The Bertz CT molecular complexity index is 1170. The first-order valence-electron chi connectivity index (χ1n) is 9.06. The number of benzene rings is 1. The SMILES string of the molecule is COC(=O)C1=C(C(=O)c2cc(Br)cc(Br)c2O)C(C=O)=C2SC(C)=C(C)N2C1C(=O)OC. The number of carbonyl (C=O) groups excluding carboxylic acids is 4. The molecule has 0 bridgehead atoms. The Morgan fingerprint density at radius 3 is 2.38 bits per heavy atom. The number of Topliss-reactive ketones (excluding diaryl/α,β-unsaturated/α-hetero) is 1. The molecule has 3 rings (SSSR count). The highest BCUT2D eigenvalue weighted by atomic mass is 79.9. The Labute approximate surface area is 204 Å². The van der Waals surface area contributed by atoms with Gasteiger partial charge < -0.3 is 19.5 Å². The van der Waals surface area contributed by atoms with Crippen molar-refractivity contribution in [3.05, 3.63) is 59.0 Å². The molecule has 1 atom stereocenters. The van der Waals surface area contributed by atoms with Gasteiger partial charge in [0, 0.05) is 20.6 Å². The maximum absolute atomic E-state index is 13.7. The van der Waals surface area contributed by atoms with Crippen LogP contribution in [0.3, 0.4) is 0 Å². The number of halogens is 2. The van der Waals surface area contributed by atoms with E-state index in [1.165, 1.54) is 28.8 Å². The second-order valence-electron chi connectivity index (χ2n) is 6.77. The van der Waals surface area contributed by atoms with Gasteiger partial charge in [-0.25, -0.2) is 9.59 Å². The first kappa shape index (κ1) is 24.3. The molecule has 1 aromatic carbocycles. The first-order valence-corrected chi connectivity index (χ1v) is 11.5. The number of hydrogen-bond acceptors (Lipinski definition) is 9. The first-order chi connectivity index (χ1) is 15.1. The number of phenols is 1. The van der Waals surface area contributed by atoms with Crippen LogP contribution in [0.25, 0.3) is 0 Å². The smallest absolute Gasteiger partial charge is 0.337 e. The minimum absolute atomic E-state index is 0.0905. The molecule has 0 aliphatic carbocycles. The second-order valence-corrected chi connectivity index (χ2v) is 9.74. The third kappa shape index (κ3) is 3.82. The van der Waals surface area contributed by atoms with Gasteiger partial charge in [0.1, 0.15) is 5.75 Å². The van der Waals surface area contributed by atoms with Crippen molar-refractivity contribution < 1.29 is 33.8 Å². The van der Waals surface area contributed by atoms with Crippen molar-refractivity contribution in [2.75, 3.05) is 14.2 Å². The third-order valence-electron chi connectivity index (χ3n) is 5.09. The number of phenolic OH excluding ortho intramolecular Hbond substituents is 1. The van der Waals surface area contributed by atoms with E-state index in [-0.39, 0.29) is 32.5 Å². The number of methoxy groups -OCH3 is 2. The number of ketones is 1. The number of esters is 2. The molecular weight excluding hydrogens is 570 g/mol. The van der Waals surface area contributed by atoms with Crippen LogP contribution >= 0.6 is 43.6 Å². The van der Waals surface area contributed by atoms with Crippen molar-refractivity contribution in [2.45, 2.75) is 19.9 Å². The van der Waals surface area contributed by atoms with Crippen LogP contribution < -0.4 is 0 Å². The maximum atomic E-state index is 13.7. The van der Waals surface area contributed by atoms with Gasteiger partial charge in [-0.3, -0.25) is 9.59 Å². The van der Waals surface area contributed by atoms with Crippen LogP contribution in [0.1, 0.15) is 24.2 Å². The van der Waals surface area contributed by atoms with Crippen LogP contribution in [0.2, 0.25) is 0 Å². The number of fused-ring (bicyclic) bond motifs is 1. The quantitative estimate of drug-likeness (QED) is 0.312. The molecule has 0 fully saturated rings. The Morgan fingerprint density at radius 1 is 1.16 bits per heavy atom. The molecule has 0 radical (unpaired) electrons. The van der Waals surface area contributed by atoms with Crippen molar-refractivity contribution in [2.24, 2.45) is 0 Å². The average Bonchev–Trinajstić information content (AvgIpc) is 3.06. The van der Waals surface area contributed by atoms with Gasteiger partial charge >= 0.3 is 11.9 Å². The molecule has 1 N–H and O–H groups in total. The minimum atomic E-state index is -1.35. The summed E-state index contributed by atoms with van der Waals surface area (Å²) in [7, 11) is 2.26. The number of aldehydes is 1. The number of aromatic hydroxyl groups is 1. The van der Waals surface area contributed by atoms with Crippen molar-refractivity contribution >= 4 is 67.6 Å². The fourth-order valence-electron chi connectivity index (χ4n) is 3.49. The van der Waals surface area contributed by atoms with E-state index >= 15 is 0 Å². The Balaban J connectivity index is 2.42. The lowest BCUT2D eigenvalue weighted by Crippen LogP contribution is -2.46. The van der Waals surface area contributed by atoms with E-state index in [1.807, 2.05) is 0 Å². The van der Waals surface area contributed by atoms with Crippen LogP contribution in [0.15, 0.2) is 53.4 Å². The van der Waals surface area contributed by atoms with Gasteiger partial charge in [0.15, 0.2) is 18.1 Å². The molecule has 1 aromatic rings. The summed E-state index contributed by atoms with van der Waals surface area (Å²) in [6, 6.07) is 1.53. The molecule has 1 unspecified atom stereocenters. The lowest BCUT2D eigenvalue weighted by Gasteiger charge is -2.36. The van der Waals surface area contributed by atoms with Crippen LogP contribution in [-0.4, -0.2) is 54.3 Å². The summed E-state index contributed by atoms with van der Waals surface area (Å²) in [5.41, 5.74) is -0.318. The van der Waals surface area contributed by atoms with Gasteiger partial charge in [-0.05, 0) is 41.9 Å². The monoisotopic (exact) mass is 585 g/mol. The standard InChI is InChI=1S/C21H17Br2NO7S/c1-8-9(2)32-19-12(7-25)14(18(27)11-5-10(22)6-13(23)17(11)26)15(20(28)30-3)16(24(8)19)21(29)31-4/h5-7,16,26H,1-4H3. The highest BCUT2D eigenvalue weighted by molar-refractivity contribution is 9.11. The molecule has 2 aliphatic rings. The van der Waals surface area contributed by atoms with E-state index in [1.54, 1.807) is 13.8 Å². The van der Waals surface area contributed by atoms with Crippen LogP contribution in [-0.2, 0) is 23.9 Å². The normalized spacial score (nSPS) is 18.1. The molecule has 11 heteroatoms. The molecule has 0 aromatic heterocycles. The maximum Gasteiger partial charge on any atom is 0.337 e. The molecule has 0 spiro atoms. The number of carbonyl (C=O) groups is 4. The second kappa shape index (κ2) is 9.24. The lowest BCUT2D eigenvalue weighted by atomic mass is 9.85. The van der Waals surface area contributed by atoms with Crippen molar-refractivity contribution in [1.82, 2.24) is 4.90 Å². The third-order valence-corrected chi connectivity index (χ3v) is 7.36. The van der Waals surface area contributed by atoms with E-state index < -0.39 is 23.8 Å². The summed E-state index contributed by atoms with van der Waals surface area (Å²) in [5.74, 6) is -2.99. The number of allylic oxidation sites excluding steroid dienone is 4. The molecule has 0 saturated heterocycles. The van der Waals surface area contributed by atoms with Crippen molar-refractivity contribution in [3.8, 4) is 5.75 Å². The summed E-state index contributed by atoms with van der Waals surface area (Å²) in [6.07, 6.45) is 0.453. The lowest BCUT2D eigenvalue weighted by molar-refractivity contribution is -0.147. The summed E-state index contributed by atoms with van der Waals surface area (Å²) >= 11 is 7.63. The van der Waals surface area contributed by atoms with Gasteiger partial charge in [0.25, 0.3) is 0 Å². The summed E-state index contributed by atoms with van der Waals surface area (Å²) in [6.45, 7) is 3.52. The number of thioether (sulfide) groups is 1. The van der Waals surface area contributed by atoms with Crippen molar-refractivity contribution in [3.63, 3.8) is 0 Å². The van der Waals surface area contributed by atoms with Gasteiger partial charge in [0.05, 0.1) is 40.4 Å². The number of hydrogen-bond donors (Lipinski definition) is 1. The summed E-state index contributed by atoms with van der Waals surface area (Å²) in [5, 5.41) is 10.8. The molecular formula is C21H17Br2NO7S. The van der Waals surface area contributed by atoms with Crippen LogP contribution in [0.5, 0.6) is 5.75 Å². The van der Waals surface area contributed by atoms with Gasteiger partial charge in [-0.15, -0.1) is 0 Å². The zero-order valence-electron chi connectivity index (χ0n) is 17.3. The van der Waals surface area contributed by atoms with Crippen molar-refractivity contribution in [1.29, 1.82) is 0 Å². The number of ether oxygens (including phenoxy) is 2. The highest BCUT2D eigenvalue weighted by Crippen LogP contribution is 2.50. The minimum Gasteiger partial charge on any atom is -0.506 e. The molecule has 2 heterocycles. The molecule has 2 aliphatic heterocycles. The van der Waals surface area contributed by atoms with E-state index in [0.29, 0.717) is 21.5 Å². The average molecular weight is 587 g/mol. The topological polar surface area (TPSA) is 110 Å².